The van der Waals surface area contributed by atoms with E-state index in [2.05, 4.69) is 26.7 Å². The number of piperidine rings is 1. The van der Waals surface area contributed by atoms with Gasteiger partial charge in [0.1, 0.15) is 11.4 Å². The first-order valence-electron chi connectivity index (χ1n) is 11.1. The van der Waals surface area contributed by atoms with Gasteiger partial charge >= 0.3 is 5.97 Å². The fourth-order valence-corrected chi connectivity index (χ4v) is 6.71. The van der Waals surface area contributed by atoms with E-state index >= 15 is 0 Å². The third kappa shape index (κ3) is 4.67. The molecule has 3 atom stereocenters. The van der Waals surface area contributed by atoms with Gasteiger partial charge in [-0.3, -0.25) is 14.8 Å². The van der Waals surface area contributed by atoms with E-state index in [1.165, 1.54) is 17.2 Å². The van der Waals surface area contributed by atoms with Gasteiger partial charge in [-0.2, -0.15) is 0 Å². The van der Waals surface area contributed by atoms with Gasteiger partial charge in [0.15, 0.2) is 6.04 Å². The Morgan fingerprint density at radius 2 is 2.03 bits per heavy atom. The Balaban J connectivity index is 0.00000272. The number of carbonyl (C=O) groups is 2. The number of thioether (sulfide) groups is 1. The van der Waals surface area contributed by atoms with Crippen LogP contribution < -0.4 is 0 Å². The van der Waals surface area contributed by atoms with Crippen molar-refractivity contribution in [1.29, 1.82) is 0 Å². The third-order valence-electron chi connectivity index (χ3n) is 6.87. The van der Waals surface area contributed by atoms with Crippen LogP contribution in [0.4, 0.5) is 0 Å². The zero-order valence-electron chi connectivity index (χ0n) is 18.6. The van der Waals surface area contributed by atoms with Crippen LogP contribution in [-0.4, -0.2) is 98.8 Å². The molecule has 3 fully saturated rings. The summed E-state index contributed by atoms with van der Waals surface area (Å²) in [6, 6.07) is -1.22. The molecule has 4 aliphatic rings. The van der Waals surface area contributed by atoms with Crippen LogP contribution >= 0.6 is 24.2 Å². The van der Waals surface area contributed by atoms with Crippen LogP contribution in [-0.2, 0) is 9.59 Å². The van der Waals surface area contributed by atoms with E-state index in [1.807, 2.05) is 20.2 Å². The largest absolute Gasteiger partial charge is 0.480 e. The second-order valence-electron chi connectivity index (χ2n) is 9.20. The summed E-state index contributed by atoms with van der Waals surface area (Å²) in [7, 11) is 0. The minimum absolute atomic E-state index is 0. The third-order valence-corrected chi connectivity index (χ3v) is 8.43. The summed E-state index contributed by atoms with van der Waals surface area (Å²) in [4.78, 5) is 39.4. The second-order valence-corrected chi connectivity index (χ2v) is 11.0. The van der Waals surface area contributed by atoms with E-state index in [0.29, 0.717) is 0 Å². The van der Waals surface area contributed by atoms with Crippen LogP contribution in [0.5, 0.6) is 0 Å². The molecule has 4 aliphatic heterocycles. The first kappa shape index (κ1) is 24.2. The highest BCUT2D eigenvalue weighted by atomic mass is 35.5. The number of likely N-dealkylation sites (N-methyl/N-ethyl adjacent to an activating group) is 1. The molecule has 4 heterocycles. The van der Waals surface area contributed by atoms with Crippen LogP contribution in [0, 0.1) is 5.92 Å². The fourth-order valence-electron chi connectivity index (χ4n) is 5.09. The average molecular weight is 472 g/mol. The van der Waals surface area contributed by atoms with Crippen LogP contribution in [0.2, 0.25) is 0 Å². The Kier molecular flexibility index (Phi) is 7.46. The Labute approximate surface area is 194 Å². The molecule has 8 nitrogen and oxygen atoms in total. The summed E-state index contributed by atoms with van der Waals surface area (Å²) in [5, 5.41) is 9.35. The first-order chi connectivity index (χ1) is 14.3. The van der Waals surface area contributed by atoms with Crippen molar-refractivity contribution in [3.8, 4) is 0 Å². The summed E-state index contributed by atoms with van der Waals surface area (Å²) in [6.45, 7) is 11.0. The Bertz CT molecular complexity index is 753. The molecule has 0 radical (unpaired) electrons. The number of carboxylic acids is 1. The van der Waals surface area contributed by atoms with Crippen molar-refractivity contribution in [2.45, 2.75) is 68.7 Å². The van der Waals surface area contributed by atoms with Crippen molar-refractivity contribution in [3.63, 3.8) is 0 Å². The molecule has 174 valence electrons. The lowest BCUT2D eigenvalue weighted by molar-refractivity contribution is -0.158. The lowest BCUT2D eigenvalue weighted by Gasteiger charge is -2.41. The average Bonchev–Trinajstić information content (AvgIpc) is 3.27. The fraction of sp³-hybridized carbons (Fsp3) is 0.810. The summed E-state index contributed by atoms with van der Waals surface area (Å²) in [6.07, 6.45) is 6.39. The summed E-state index contributed by atoms with van der Waals surface area (Å²) < 4.78 is -0.494. The molecule has 0 unspecified atom stereocenters. The Morgan fingerprint density at radius 1 is 1.32 bits per heavy atom. The van der Waals surface area contributed by atoms with Gasteiger partial charge in [0.2, 0.25) is 0 Å². The molecule has 0 aliphatic carbocycles. The quantitative estimate of drug-likeness (QED) is 0.348. The number of halogens is 1. The number of hydrogen-bond donors (Lipinski definition) is 1. The number of carboxylic acid groups (broad SMARTS) is 1. The van der Waals surface area contributed by atoms with Crippen molar-refractivity contribution in [2.24, 2.45) is 15.9 Å². The molecule has 1 amide bonds. The minimum Gasteiger partial charge on any atom is -0.480 e. The molecule has 0 aromatic carbocycles. The number of aliphatic imine (C=N–C) groups is 2. The molecule has 3 saturated heterocycles. The number of nitrogens with zero attached hydrogens (tertiary/aromatic N) is 5. The molecule has 0 saturated carbocycles. The highest BCUT2D eigenvalue weighted by Gasteiger charge is 2.63. The molecule has 31 heavy (non-hydrogen) atoms. The predicted octanol–water partition coefficient (Wildman–Crippen LogP) is 2.18. The van der Waals surface area contributed by atoms with E-state index in [4.69, 9.17) is 0 Å². The van der Waals surface area contributed by atoms with Gasteiger partial charge in [-0.1, -0.05) is 0 Å². The minimum atomic E-state index is -0.932. The lowest BCUT2D eigenvalue weighted by atomic mass is 9.92. The van der Waals surface area contributed by atoms with Crippen LogP contribution in [0.3, 0.4) is 0 Å². The van der Waals surface area contributed by atoms with Crippen LogP contribution in [0.25, 0.3) is 0 Å². The molecule has 1 N–H and O–H groups in total. The topological polar surface area (TPSA) is 88.8 Å². The van der Waals surface area contributed by atoms with Crippen molar-refractivity contribution in [3.05, 3.63) is 0 Å². The van der Waals surface area contributed by atoms with E-state index in [0.717, 1.165) is 57.9 Å². The molecular weight excluding hydrogens is 438 g/mol. The lowest BCUT2D eigenvalue weighted by Crippen LogP contribution is -2.65. The van der Waals surface area contributed by atoms with Crippen molar-refractivity contribution < 1.29 is 14.7 Å². The van der Waals surface area contributed by atoms with Crippen molar-refractivity contribution in [1.82, 2.24) is 14.7 Å². The number of amidine groups is 1. The van der Waals surface area contributed by atoms with Crippen LogP contribution in [0.1, 0.15) is 46.5 Å². The monoisotopic (exact) mass is 471 g/mol. The van der Waals surface area contributed by atoms with Gasteiger partial charge in [0, 0.05) is 37.3 Å². The molecule has 0 aromatic heterocycles. The maximum absolute atomic E-state index is 12.5. The normalized spacial score (nSPS) is 30.3. The van der Waals surface area contributed by atoms with E-state index < -0.39 is 22.8 Å². The van der Waals surface area contributed by atoms with E-state index in [-0.39, 0.29) is 23.7 Å². The molecule has 0 aromatic rings. The Morgan fingerprint density at radius 3 is 2.68 bits per heavy atom. The zero-order chi connectivity index (χ0) is 21.5. The highest BCUT2D eigenvalue weighted by molar-refractivity contribution is 8.01. The van der Waals surface area contributed by atoms with Gasteiger partial charge in [-0.15, -0.1) is 24.2 Å². The van der Waals surface area contributed by atoms with Gasteiger partial charge in [-0.25, -0.2) is 4.79 Å². The molecule has 4 rings (SSSR count). The highest BCUT2D eigenvalue weighted by Crippen LogP contribution is 2.51. The number of carbonyl (C=O) groups excluding carboxylic acids is 1. The first-order valence-corrected chi connectivity index (χ1v) is 12.0. The predicted molar refractivity (Wildman–Crippen MR) is 126 cm³/mol. The summed E-state index contributed by atoms with van der Waals surface area (Å²) in [5.41, 5.74) is 0. The molecule has 0 spiro atoms. The van der Waals surface area contributed by atoms with E-state index in [9.17, 15) is 14.7 Å². The maximum atomic E-state index is 12.5. The number of β-lactam (4-membered cyclic amide) rings is 1. The summed E-state index contributed by atoms with van der Waals surface area (Å²) >= 11 is 1.55. The second kappa shape index (κ2) is 9.57. The number of fused-ring (bicyclic) bond motifs is 1. The smallest absolute Gasteiger partial charge is 0.327 e. The zero-order valence-corrected chi connectivity index (χ0v) is 20.2. The number of amides is 1. The molecule has 10 heteroatoms. The van der Waals surface area contributed by atoms with Gasteiger partial charge < -0.3 is 19.8 Å². The van der Waals surface area contributed by atoms with Gasteiger partial charge in [0.05, 0.1) is 18.7 Å². The number of likely N-dealkylation sites (tertiary alicyclic amines) is 1. The van der Waals surface area contributed by atoms with Crippen LogP contribution in [0.15, 0.2) is 9.98 Å². The Hall–Kier alpha value is -1.48. The van der Waals surface area contributed by atoms with E-state index in [1.54, 1.807) is 11.8 Å². The standard InChI is InChI=1S/C21H33N5O3S.ClH/c1-4-25-12-9-22-15(25)6-5-14-7-10-24(11-8-14)13-23-16-18(27)26-17(20(28)29)21(2,3)30-19(16)26;/h13-14,16-17,19H,4-12H2,1-3H3,(H,28,29);1H/t16-,17+,19-;/m1./s1. The molecule has 0 bridgehead atoms. The van der Waals surface area contributed by atoms with Gasteiger partial charge in [0.25, 0.3) is 5.91 Å². The number of rotatable bonds is 7. The summed E-state index contributed by atoms with van der Waals surface area (Å²) in [5.74, 6) is 0.916. The number of aliphatic carboxylic acids is 1. The maximum Gasteiger partial charge on any atom is 0.327 e. The van der Waals surface area contributed by atoms with Gasteiger partial charge in [-0.05, 0) is 46.0 Å². The van der Waals surface area contributed by atoms with Crippen molar-refractivity contribution >= 4 is 48.2 Å². The molecular formula is C21H34ClN5O3S. The van der Waals surface area contributed by atoms with Crippen molar-refractivity contribution in [2.75, 3.05) is 32.7 Å². The SMILES string of the molecule is CCN1CCN=C1CCC1CCN(C=N[C@@H]2C(=O)N3[C@@H]2SC(C)(C)[C@@H]3C(=O)O)CC1.Cl. The number of hydrogen-bond acceptors (Lipinski definition) is 6.